The van der Waals surface area contributed by atoms with Gasteiger partial charge in [0.2, 0.25) is 0 Å². The predicted octanol–water partition coefficient (Wildman–Crippen LogP) is 3.13. The third-order valence-corrected chi connectivity index (χ3v) is 4.86. The number of rotatable bonds is 4. The second-order valence-electron chi connectivity index (χ2n) is 6.37. The standard InChI is InChI=1S/C15H25N3/c1-11-3-6-14(7-12(11)2)18-10-16-8-15(18)9-17-13-4-5-13/h8,10-14,17H,3-7,9H2,1-2H3. The molecule has 0 spiro atoms. The van der Waals surface area contributed by atoms with Crippen LogP contribution < -0.4 is 5.32 Å². The van der Waals surface area contributed by atoms with Gasteiger partial charge in [-0.05, 0) is 43.9 Å². The highest BCUT2D eigenvalue weighted by Crippen LogP contribution is 2.36. The molecule has 2 saturated carbocycles. The largest absolute Gasteiger partial charge is 0.330 e. The van der Waals surface area contributed by atoms with Crippen molar-refractivity contribution in [1.29, 1.82) is 0 Å². The lowest BCUT2D eigenvalue weighted by Crippen LogP contribution is -2.25. The smallest absolute Gasteiger partial charge is 0.0951 e. The summed E-state index contributed by atoms with van der Waals surface area (Å²) in [5.74, 6) is 1.73. The Morgan fingerprint density at radius 1 is 1.22 bits per heavy atom. The van der Waals surface area contributed by atoms with Gasteiger partial charge in [-0.2, -0.15) is 0 Å². The Labute approximate surface area is 110 Å². The second kappa shape index (κ2) is 5.04. The molecule has 3 heteroatoms. The fourth-order valence-electron chi connectivity index (χ4n) is 3.11. The van der Waals surface area contributed by atoms with E-state index in [4.69, 9.17) is 0 Å². The van der Waals surface area contributed by atoms with Crippen molar-refractivity contribution in [2.24, 2.45) is 11.8 Å². The lowest BCUT2D eigenvalue weighted by atomic mass is 9.79. The van der Waals surface area contributed by atoms with E-state index in [0.29, 0.717) is 6.04 Å². The third-order valence-electron chi connectivity index (χ3n) is 4.86. The van der Waals surface area contributed by atoms with Gasteiger partial charge in [0.1, 0.15) is 0 Å². The van der Waals surface area contributed by atoms with E-state index in [-0.39, 0.29) is 0 Å². The SMILES string of the molecule is CC1CCC(n2cncc2CNC2CC2)CC1C. The Kier molecular flexibility index (Phi) is 3.42. The van der Waals surface area contributed by atoms with Gasteiger partial charge in [-0.3, -0.25) is 0 Å². The molecular weight excluding hydrogens is 222 g/mol. The van der Waals surface area contributed by atoms with Gasteiger partial charge in [-0.1, -0.05) is 13.8 Å². The molecule has 18 heavy (non-hydrogen) atoms. The van der Waals surface area contributed by atoms with Crippen LogP contribution in [-0.4, -0.2) is 15.6 Å². The molecule has 1 N–H and O–H groups in total. The van der Waals surface area contributed by atoms with Gasteiger partial charge in [0.05, 0.1) is 12.0 Å². The minimum absolute atomic E-state index is 0.676. The van der Waals surface area contributed by atoms with Crippen molar-refractivity contribution in [3.05, 3.63) is 18.2 Å². The van der Waals surface area contributed by atoms with E-state index >= 15 is 0 Å². The second-order valence-corrected chi connectivity index (χ2v) is 6.37. The summed E-state index contributed by atoms with van der Waals surface area (Å²) in [5, 5.41) is 3.60. The van der Waals surface area contributed by atoms with Crippen LogP contribution in [0.4, 0.5) is 0 Å². The van der Waals surface area contributed by atoms with Gasteiger partial charge in [0.15, 0.2) is 0 Å². The summed E-state index contributed by atoms with van der Waals surface area (Å²) < 4.78 is 2.43. The Hall–Kier alpha value is -0.830. The Balaban J connectivity index is 1.65. The van der Waals surface area contributed by atoms with Crippen LogP contribution >= 0.6 is 0 Å². The summed E-state index contributed by atoms with van der Waals surface area (Å²) in [6.45, 7) is 5.78. The van der Waals surface area contributed by atoms with Crippen LogP contribution in [0.15, 0.2) is 12.5 Å². The third kappa shape index (κ3) is 2.61. The lowest BCUT2D eigenvalue weighted by molar-refractivity contribution is 0.208. The number of imidazole rings is 1. The van der Waals surface area contributed by atoms with E-state index in [1.165, 1.54) is 37.8 Å². The molecule has 0 radical (unpaired) electrons. The molecule has 3 atom stereocenters. The van der Waals surface area contributed by atoms with Crippen LogP contribution in [0.2, 0.25) is 0 Å². The molecule has 1 heterocycles. The number of aromatic nitrogens is 2. The molecule has 3 unspecified atom stereocenters. The number of hydrogen-bond donors (Lipinski definition) is 1. The van der Waals surface area contributed by atoms with E-state index < -0.39 is 0 Å². The molecule has 1 aromatic heterocycles. The van der Waals surface area contributed by atoms with Crippen molar-refractivity contribution >= 4 is 0 Å². The highest BCUT2D eigenvalue weighted by molar-refractivity contribution is 5.02. The van der Waals surface area contributed by atoms with Crippen LogP contribution in [-0.2, 0) is 6.54 Å². The van der Waals surface area contributed by atoms with Gasteiger partial charge < -0.3 is 9.88 Å². The summed E-state index contributed by atoms with van der Waals surface area (Å²) in [7, 11) is 0. The van der Waals surface area contributed by atoms with Crippen LogP contribution in [0.25, 0.3) is 0 Å². The van der Waals surface area contributed by atoms with Crippen LogP contribution in [0, 0.1) is 11.8 Å². The Morgan fingerprint density at radius 2 is 2.06 bits per heavy atom. The summed E-state index contributed by atoms with van der Waals surface area (Å²) in [6.07, 6.45) is 10.8. The topological polar surface area (TPSA) is 29.9 Å². The highest BCUT2D eigenvalue weighted by Gasteiger charge is 2.27. The molecule has 2 aliphatic rings. The van der Waals surface area contributed by atoms with E-state index in [9.17, 15) is 0 Å². The van der Waals surface area contributed by atoms with Crippen molar-refractivity contribution < 1.29 is 0 Å². The van der Waals surface area contributed by atoms with Gasteiger partial charge in [-0.25, -0.2) is 4.98 Å². The molecule has 2 fully saturated rings. The Bertz CT molecular complexity index is 394. The zero-order valence-corrected chi connectivity index (χ0v) is 11.6. The van der Waals surface area contributed by atoms with E-state index in [2.05, 4.69) is 28.7 Å². The summed E-state index contributed by atoms with van der Waals surface area (Å²) in [5.41, 5.74) is 1.37. The molecule has 0 aromatic carbocycles. The minimum atomic E-state index is 0.676. The zero-order chi connectivity index (χ0) is 12.5. The monoisotopic (exact) mass is 247 g/mol. The summed E-state index contributed by atoms with van der Waals surface area (Å²) in [4.78, 5) is 4.36. The van der Waals surface area contributed by atoms with Crippen molar-refractivity contribution in [1.82, 2.24) is 14.9 Å². The van der Waals surface area contributed by atoms with Crippen LogP contribution in [0.3, 0.4) is 0 Å². The lowest BCUT2D eigenvalue weighted by Gasteiger charge is -2.33. The molecule has 2 aliphatic carbocycles. The minimum Gasteiger partial charge on any atom is -0.330 e. The number of hydrogen-bond acceptors (Lipinski definition) is 2. The average Bonchev–Trinajstić information content (AvgIpc) is 3.08. The van der Waals surface area contributed by atoms with E-state index in [0.717, 1.165) is 24.4 Å². The van der Waals surface area contributed by atoms with Crippen molar-refractivity contribution in [2.45, 2.75) is 64.6 Å². The fourth-order valence-corrected chi connectivity index (χ4v) is 3.11. The van der Waals surface area contributed by atoms with Gasteiger partial charge in [-0.15, -0.1) is 0 Å². The van der Waals surface area contributed by atoms with E-state index in [1.54, 1.807) is 0 Å². The molecule has 3 nitrogen and oxygen atoms in total. The molecular formula is C15H25N3. The first-order valence-electron chi connectivity index (χ1n) is 7.48. The predicted molar refractivity (Wildman–Crippen MR) is 73.3 cm³/mol. The Morgan fingerprint density at radius 3 is 2.78 bits per heavy atom. The maximum atomic E-state index is 4.36. The summed E-state index contributed by atoms with van der Waals surface area (Å²) >= 11 is 0. The summed E-state index contributed by atoms with van der Waals surface area (Å²) in [6, 6.07) is 1.45. The maximum Gasteiger partial charge on any atom is 0.0951 e. The average molecular weight is 247 g/mol. The first kappa shape index (κ1) is 12.2. The van der Waals surface area contributed by atoms with Crippen molar-refractivity contribution in [3.8, 4) is 0 Å². The molecule has 0 saturated heterocycles. The van der Waals surface area contributed by atoms with Gasteiger partial charge >= 0.3 is 0 Å². The molecule has 100 valence electrons. The maximum absolute atomic E-state index is 4.36. The number of nitrogens with zero attached hydrogens (tertiary/aromatic N) is 2. The highest BCUT2D eigenvalue weighted by atomic mass is 15.1. The fraction of sp³-hybridized carbons (Fsp3) is 0.800. The zero-order valence-electron chi connectivity index (χ0n) is 11.6. The molecule has 0 amide bonds. The molecule has 3 rings (SSSR count). The molecule has 1 aromatic rings. The van der Waals surface area contributed by atoms with Crippen molar-refractivity contribution in [2.75, 3.05) is 0 Å². The quantitative estimate of drug-likeness (QED) is 0.886. The number of nitrogens with one attached hydrogen (secondary N) is 1. The molecule has 0 bridgehead atoms. The van der Waals surface area contributed by atoms with E-state index in [1.807, 2.05) is 12.5 Å². The molecule has 0 aliphatic heterocycles. The first-order chi connectivity index (χ1) is 8.74. The van der Waals surface area contributed by atoms with Gasteiger partial charge in [0, 0.05) is 24.8 Å². The first-order valence-corrected chi connectivity index (χ1v) is 7.48. The van der Waals surface area contributed by atoms with Gasteiger partial charge in [0.25, 0.3) is 0 Å². The normalized spacial score (nSPS) is 32.7. The van der Waals surface area contributed by atoms with Crippen LogP contribution in [0.1, 0.15) is 57.7 Å². The van der Waals surface area contributed by atoms with Crippen LogP contribution in [0.5, 0.6) is 0 Å². The van der Waals surface area contributed by atoms with Crippen molar-refractivity contribution in [3.63, 3.8) is 0 Å².